The Balaban J connectivity index is 1.84. The smallest absolute Gasteiger partial charge is 0.410 e. The van der Waals surface area contributed by atoms with Gasteiger partial charge in [-0.2, -0.15) is 0 Å². The van der Waals surface area contributed by atoms with E-state index in [9.17, 15) is 24.6 Å². The highest BCUT2D eigenvalue weighted by atomic mass is 16.6. The average molecular weight is 417 g/mol. The van der Waals surface area contributed by atoms with Crippen molar-refractivity contribution in [2.24, 2.45) is 0 Å². The molecule has 2 aromatic rings. The lowest BCUT2D eigenvalue weighted by molar-refractivity contribution is -0.144. The Morgan fingerprint density at radius 3 is 2.27 bits per heavy atom. The highest BCUT2D eigenvalue weighted by molar-refractivity contribution is 5.90. The van der Waals surface area contributed by atoms with Crippen LogP contribution in [0.4, 0.5) is 4.79 Å². The number of benzene rings is 1. The van der Waals surface area contributed by atoms with Gasteiger partial charge in [-0.05, 0) is 26.8 Å². The van der Waals surface area contributed by atoms with E-state index in [0.717, 1.165) is 0 Å². The zero-order valence-electron chi connectivity index (χ0n) is 17.4. The molecule has 9 heteroatoms. The van der Waals surface area contributed by atoms with Gasteiger partial charge in [0.05, 0.1) is 0 Å². The van der Waals surface area contributed by atoms with Gasteiger partial charge in [-0.15, -0.1) is 0 Å². The Kier molecular flexibility index (Phi) is 6.02. The van der Waals surface area contributed by atoms with Crippen molar-refractivity contribution in [3.05, 3.63) is 36.0 Å². The molecule has 9 nitrogen and oxygen atoms in total. The Morgan fingerprint density at radius 1 is 1.07 bits per heavy atom. The van der Waals surface area contributed by atoms with Crippen molar-refractivity contribution in [2.75, 3.05) is 26.2 Å². The van der Waals surface area contributed by atoms with Gasteiger partial charge < -0.3 is 24.4 Å². The van der Waals surface area contributed by atoms with E-state index >= 15 is 0 Å². The van der Waals surface area contributed by atoms with E-state index in [-0.39, 0.29) is 6.54 Å². The lowest BCUT2D eigenvalue weighted by atomic mass is 10.0. The topological polar surface area (TPSA) is 112 Å². The van der Waals surface area contributed by atoms with Gasteiger partial charge >= 0.3 is 18.0 Å². The van der Waals surface area contributed by atoms with Crippen LogP contribution in [0, 0.1) is 0 Å². The molecule has 0 spiro atoms. The molecule has 1 fully saturated rings. The lowest BCUT2D eigenvalue weighted by Gasteiger charge is -2.38. The Hall–Kier alpha value is -3.07. The Bertz CT molecular complexity index is 953. The van der Waals surface area contributed by atoms with Crippen molar-refractivity contribution in [2.45, 2.75) is 39.0 Å². The molecule has 1 aliphatic heterocycles. The molecular formula is C21H27N3O6. The first-order valence-electron chi connectivity index (χ1n) is 9.81. The summed E-state index contributed by atoms with van der Waals surface area (Å²) >= 11 is 0. The summed E-state index contributed by atoms with van der Waals surface area (Å²) < 4.78 is 6.95. The molecule has 30 heavy (non-hydrogen) atoms. The van der Waals surface area contributed by atoms with E-state index in [1.165, 1.54) is 0 Å². The van der Waals surface area contributed by atoms with E-state index < -0.39 is 29.7 Å². The number of carbonyl (C=O) groups excluding carboxylic acids is 1. The highest BCUT2D eigenvalue weighted by Gasteiger charge is 2.34. The predicted molar refractivity (Wildman–Crippen MR) is 109 cm³/mol. The summed E-state index contributed by atoms with van der Waals surface area (Å²) in [6.07, 6.45) is 1.20. The first-order chi connectivity index (χ1) is 14.1. The fourth-order valence-corrected chi connectivity index (χ4v) is 3.74. The maximum absolute atomic E-state index is 12.3. The minimum absolute atomic E-state index is 0.251. The quantitative estimate of drug-likeness (QED) is 0.768. The van der Waals surface area contributed by atoms with E-state index in [1.54, 1.807) is 65.6 Å². The summed E-state index contributed by atoms with van der Waals surface area (Å²) in [5.74, 6) is -2.01. The van der Waals surface area contributed by atoms with Gasteiger partial charge in [0.1, 0.15) is 18.2 Å². The monoisotopic (exact) mass is 417 g/mol. The number of rotatable bonds is 5. The second-order valence-corrected chi connectivity index (χ2v) is 8.37. The second kappa shape index (κ2) is 8.35. The van der Waals surface area contributed by atoms with Crippen LogP contribution in [0.5, 0.6) is 0 Å². The van der Waals surface area contributed by atoms with Crippen LogP contribution in [0.2, 0.25) is 0 Å². The summed E-state index contributed by atoms with van der Waals surface area (Å²) in [6.45, 7) is 6.60. The second-order valence-electron chi connectivity index (χ2n) is 8.37. The summed E-state index contributed by atoms with van der Waals surface area (Å²) in [5.41, 5.74) is 0.627. The third-order valence-corrected chi connectivity index (χ3v) is 4.98. The van der Waals surface area contributed by atoms with Crippen molar-refractivity contribution in [1.29, 1.82) is 0 Å². The fraction of sp³-hybridized carbons (Fsp3) is 0.476. The molecule has 2 heterocycles. The van der Waals surface area contributed by atoms with Crippen molar-refractivity contribution in [1.82, 2.24) is 14.4 Å². The first-order valence-corrected chi connectivity index (χ1v) is 9.81. The van der Waals surface area contributed by atoms with Crippen LogP contribution in [-0.4, -0.2) is 74.4 Å². The molecule has 1 aromatic heterocycles. The molecule has 0 bridgehead atoms. The number of para-hydroxylation sites is 1. The van der Waals surface area contributed by atoms with E-state index in [2.05, 4.69) is 0 Å². The van der Waals surface area contributed by atoms with Crippen LogP contribution in [0.1, 0.15) is 32.4 Å². The average Bonchev–Trinajstić information content (AvgIpc) is 2.98. The van der Waals surface area contributed by atoms with Crippen LogP contribution < -0.4 is 0 Å². The molecule has 0 radical (unpaired) electrons. The van der Waals surface area contributed by atoms with E-state index in [1.807, 2.05) is 0 Å². The molecule has 1 atom stereocenters. The summed E-state index contributed by atoms with van der Waals surface area (Å²) in [7, 11) is 0. The maximum atomic E-state index is 12.3. The molecule has 1 aliphatic rings. The highest BCUT2D eigenvalue weighted by Crippen LogP contribution is 2.31. The number of nitrogens with zero attached hydrogens (tertiary/aromatic N) is 3. The van der Waals surface area contributed by atoms with Crippen molar-refractivity contribution >= 4 is 28.9 Å². The number of piperazine rings is 1. The summed E-state index contributed by atoms with van der Waals surface area (Å²) in [4.78, 5) is 39.1. The maximum Gasteiger partial charge on any atom is 0.410 e. The molecular weight excluding hydrogens is 390 g/mol. The third kappa shape index (κ3) is 4.73. The standard InChI is InChI=1S/C21H27N3O6/c1-21(2,3)30-20(29)23-10-8-22(9-11-23)18(19(27)28)15-12-24(13-17(25)26)16-7-5-4-6-14(15)16/h4-7,12,18H,8-11,13H2,1-3H3,(H,25,26)(H,27,28)/t18-/m1/s1. The van der Waals surface area contributed by atoms with E-state index in [4.69, 9.17) is 4.74 Å². The molecule has 162 valence electrons. The Labute approximate surface area is 174 Å². The van der Waals surface area contributed by atoms with Gasteiger partial charge in [0.15, 0.2) is 0 Å². The Morgan fingerprint density at radius 2 is 1.70 bits per heavy atom. The summed E-state index contributed by atoms with van der Waals surface area (Å²) in [5, 5.41) is 19.9. The zero-order valence-corrected chi connectivity index (χ0v) is 17.4. The van der Waals surface area contributed by atoms with Crippen molar-refractivity contribution in [3.8, 4) is 0 Å². The van der Waals surface area contributed by atoms with Gasteiger partial charge in [0, 0.05) is 48.8 Å². The number of carbonyl (C=O) groups is 3. The van der Waals surface area contributed by atoms with Crippen LogP contribution in [0.3, 0.4) is 0 Å². The first kappa shape index (κ1) is 21.6. The number of fused-ring (bicyclic) bond motifs is 1. The largest absolute Gasteiger partial charge is 0.480 e. The van der Waals surface area contributed by atoms with Crippen LogP contribution in [0.15, 0.2) is 30.5 Å². The molecule has 1 amide bonds. The van der Waals surface area contributed by atoms with Crippen LogP contribution in [-0.2, 0) is 20.9 Å². The van der Waals surface area contributed by atoms with Crippen molar-refractivity contribution in [3.63, 3.8) is 0 Å². The molecule has 0 aliphatic carbocycles. The minimum Gasteiger partial charge on any atom is -0.480 e. The van der Waals surface area contributed by atoms with Gasteiger partial charge in [-0.1, -0.05) is 18.2 Å². The zero-order chi connectivity index (χ0) is 22.1. The lowest BCUT2D eigenvalue weighted by Crippen LogP contribution is -2.51. The fourth-order valence-electron chi connectivity index (χ4n) is 3.74. The van der Waals surface area contributed by atoms with Crippen molar-refractivity contribution < 1.29 is 29.3 Å². The van der Waals surface area contributed by atoms with Gasteiger partial charge in [0.25, 0.3) is 0 Å². The molecule has 2 N–H and O–H groups in total. The molecule has 1 aromatic carbocycles. The molecule has 0 saturated carbocycles. The SMILES string of the molecule is CC(C)(C)OC(=O)N1CCN([C@@H](C(=O)O)c2cn(CC(=O)O)c3ccccc23)CC1. The molecule has 3 rings (SSSR count). The third-order valence-electron chi connectivity index (χ3n) is 4.98. The predicted octanol–water partition coefficient (Wildman–Crippen LogP) is 2.40. The molecule has 1 saturated heterocycles. The van der Waals surface area contributed by atoms with Gasteiger partial charge in [-0.3, -0.25) is 14.5 Å². The van der Waals surface area contributed by atoms with Gasteiger partial charge in [-0.25, -0.2) is 4.79 Å². The van der Waals surface area contributed by atoms with Gasteiger partial charge in [0.2, 0.25) is 0 Å². The number of carboxylic acids is 2. The number of ether oxygens (including phenoxy) is 1. The number of carboxylic acid groups (broad SMARTS) is 2. The number of hydrogen-bond donors (Lipinski definition) is 2. The van der Waals surface area contributed by atoms with E-state index in [0.29, 0.717) is 42.6 Å². The number of hydrogen-bond acceptors (Lipinski definition) is 5. The molecule has 0 unspecified atom stereocenters. The number of amides is 1. The van der Waals surface area contributed by atoms with Crippen LogP contribution in [0.25, 0.3) is 10.9 Å². The number of aromatic nitrogens is 1. The number of aliphatic carboxylic acids is 2. The van der Waals surface area contributed by atoms with Crippen LogP contribution >= 0.6 is 0 Å². The minimum atomic E-state index is -1.01. The normalized spacial score (nSPS) is 16.4. The summed E-state index contributed by atoms with van der Waals surface area (Å²) in [6, 6.07) is 6.23.